The summed E-state index contributed by atoms with van der Waals surface area (Å²) in [5.74, 6) is -0.341. The molecule has 31 heavy (non-hydrogen) atoms. The van der Waals surface area contributed by atoms with Crippen molar-refractivity contribution in [2.24, 2.45) is 7.05 Å². The van der Waals surface area contributed by atoms with Crippen LogP contribution in [0.4, 0.5) is 17.1 Å². The summed E-state index contributed by atoms with van der Waals surface area (Å²) in [5, 5.41) is 6.32. The summed E-state index contributed by atoms with van der Waals surface area (Å²) in [6.07, 6.45) is 1.51. The third-order valence-corrected chi connectivity index (χ3v) is 5.70. The summed E-state index contributed by atoms with van der Waals surface area (Å²) in [5.41, 5.74) is 2.92. The highest BCUT2D eigenvalue weighted by molar-refractivity contribution is 6.10. The molecule has 2 amide bonds. The van der Waals surface area contributed by atoms with Gasteiger partial charge in [0.15, 0.2) is 0 Å². The molecule has 0 radical (unpaired) electrons. The number of hydrogen-bond donors (Lipinski definition) is 2. The molecule has 0 saturated heterocycles. The minimum absolute atomic E-state index is 0.00412. The number of anilines is 3. The maximum Gasteiger partial charge on any atom is 0.257 e. The van der Waals surface area contributed by atoms with Crippen LogP contribution in [0, 0.1) is 6.92 Å². The van der Waals surface area contributed by atoms with Gasteiger partial charge in [-0.1, -0.05) is 0 Å². The minimum Gasteiger partial charge on any atom is -0.383 e. The maximum atomic E-state index is 13.0. The number of likely N-dealkylation sites (N-methyl/N-ethyl adjacent to an activating group) is 1. The highest BCUT2D eigenvalue weighted by Crippen LogP contribution is 2.45. The van der Waals surface area contributed by atoms with Crippen molar-refractivity contribution in [3.05, 3.63) is 51.4 Å². The van der Waals surface area contributed by atoms with E-state index in [2.05, 4.69) is 10.6 Å². The molecule has 0 fully saturated rings. The summed E-state index contributed by atoms with van der Waals surface area (Å²) in [4.78, 5) is 39.4. The molecule has 0 unspecified atom stereocenters. The van der Waals surface area contributed by atoms with Crippen LogP contribution in [0.5, 0.6) is 0 Å². The summed E-state index contributed by atoms with van der Waals surface area (Å²) in [7, 11) is 5.00. The van der Waals surface area contributed by atoms with Gasteiger partial charge in [0.1, 0.15) is 0 Å². The monoisotopic (exact) mass is 426 g/mol. The Kier molecular flexibility index (Phi) is 5.96. The molecule has 0 spiro atoms. The van der Waals surface area contributed by atoms with Gasteiger partial charge in [-0.15, -0.1) is 0 Å². The first kappa shape index (κ1) is 22.6. The van der Waals surface area contributed by atoms with Crippen molar-refractivity contribution in [1.29, 1.82) is 0 Å². The van der Waals surface area contributed by atoms with Crippen LogP contribution in [-0.2, 0) is 22.0 Å². The lowest BCUT2D eigenvalue weighted by molar-refractivity contribution is -0.121. The highest BCUT2D eigenvalue weighted by Gasteiger charge is 2.43. The molecule has 1 aromatic heterocycles. The van der Waals surface area contributed by atoms with Crippen molar-refractivity contribution in [3.63, 3.8) is 0 Å². The molecule has 1 aliphatic rings. The normalized spacial score (nSPS) is 15.6. The zero-order chi connectivity index (χ0) is 23.1. The second-order valence-corrected chi connectivity index (χ2v) is 8.69. The lowest BCUT2D eigenvalue weighted by atomic mass is 9.85. The summed E-state index contributed by atoms with van der Waals surface area (Å²) >= 11 is 0. The van der Waals surface area contributed by atoms with Crippen LogP contribution >= 0.6 is 0 Å². The van der Waals surface area contributed by atoms with Crippen LogP contribution < -0.4 is 21.1 Å². The fraction of sp³-hybridized carbons (Fsp3) is 0.435. The number of aromatic nitrogens is 1. The zero-order valence-electron chi connectivity index (χ0n) is 19.1. The summed E-state index contributed by atoms with van der Waals surface area (Å²) in [6.45, 7) is 7.88. The van der Waals surface area contributed by atoms with E-state index < -0.39 is 5.41 Å². The molecule has 1 aliphatic heterocycles. The summed E-state index contributed by atoms with van der Waals surface area (Å²) < 4.78 is 6.61. The van der Waals surface area contributed by atoms with Crippen molar-refractivity contribution in [2.45, 2.75) is 39.2 Å². The highest BCUT2D eigenvalue weighted by atomic mass is 16.5. The number of pyridine rings is 1. The average Bonchev–Trinajstić information content (AvgIpc) is 2.86. The van der Waals surface area contributed by atoms with E-state index in [1.807, 2.05) is 32.9 Å². The molecule has 1 aromatic carbocycles. The standard InChI is InChI=1S/C23H30N4O4/c1-13-8-15(11-26(5)21(13)29)20(28)25-17-9-16-19(27(6)22(30)23(16,3)4)10-18(17)24-14(2)12-31-7/h8-11,14,24H,12H2,1-7H3,(H,25,28)/t14-/m0/s1. The molecule has 1 atom stereocenters. The third-order valence-electron chi connectivity index (χ3n) is 5.70. The van der Waals surface area contributed by atoms with E-state index in [1.165, 1.54) is 10.8 Å². The molecule has 0 bridgehead atoms. The molecule has 0 saturated carbocycles. The maximum absolute atomic E-state index is 13.0. The number of ether oxygens (including phenoxy) is 1. The fourth-order valence-corrected chi connectivity index (χ4v) is 3.99. The second kappa shape index (κ2) is 8.19. The first-order valence-corrected chi connectivity index (χ1v) is 10.2. The molecule has 2 heterocycles. The number of carbonyl (C=O) groups is 2. The number of nitrogens with zero attached hydrogens (tertiary/aromatic N) is 2. The van der Waals surface area contributed by atoms with Crippen molar-refractivity contribution in [3.8, 4) is 0 Å². The van der Waals surface area contributed by atoms with Gasteiger partial charge in [-0.05, 0) is 51.5 Å². The van der Waals surface area contributed by atoms with E-state index in [-0.39, 0.29) is 23.4 Å². The molecule has 3 rings (SSSR count). The quantitative estimate of drug-likeness (QED) is 0.741. The number of rotatable bonds is 6. The van der Waals surface area contributed by atoms with Crippen molar-refractivity contribution >= 4 is 28.9 Å². The molecule has 2 aromatic rings. The van der Waals surface area contributed by atoms with E-state index >= 15 is 0 Å². The van der Waals surface area contributed by atoms with Gasteiger partial charge in [0.05, 0.1) is 29.0 Å². The van der Waals surface area contributed by atoms with Gasteiger partial charge in [0, 0.05) is 44.7 Å². The predicted molar refractivity (Wildman–Crippen MR) is 122 cm³/mol. The number of carbonyl (C=O) groups excluding carboxylic acids is 2. The topological polar surface area (TPSA) is 92.7 Å². The van der Waals surface area contributed by atoms with E-state index in [9.17, 15) is 14.4 Å². The zero-order valence-corrected chi connectivity index (χ0v) is 19.1. The first-order chi connectivity index (χ1) is 14.5. The van der Waals surface area contributed by atoms with Gasteiger partial charge in [0.2, 0.25) is 5.91 Å². The van der Waals surface area contributed by atoms with E-state index in [0.29, 0.717) is 29.1 Å². The van der Waals surface area contributed by atoms with E-state index in [4.69, 9.17) is 4.74 Å². The molecular weight excluding hydrogens is 396 g/mol. The van der Waals surface area contributed by atoms with Gasteiger partial charge in [0.25, 0.3) is 11.5 Å². The van der Waals surface area contributed by atoms with Crippen molar-refractivity contribution in [1.82, 2.24) is 4.57 Å². The lowest BCUT2D eigenvalue weighted by Gasteiger charge is -2.21. The Morgan fingerprint density at radius 1 is 1.16 bits per heavy atom. The molecule has 0 aliphatic carbocycles. The van der Waals surface area contributed by atoms with Gasteiger partial charge in [-0.2, -0.15) is 0 Å². The number of benzene rings is 1. The second-order valence-electron chi connectivity index (χ2n) is 8.69. The number of nitrogens with one attached hydrogen (secondary N) is 2. The Morgan fingerprint density at radius 3 is 2.45 bits per heavy atom. The Bertz CT molecular complexity index is 1080. The molecule has 166 valence electrons. The molecule has 8 nitrogen and oxygen atoms in total. The van der Waals surface area contributed by atoms with Gasteiger partial charge < -0.3 is 24.8 Å². The number of hydrogen-bond acceptors (Lipinski definition) is 5. The molecule has 2 N–H and O–H groups in total. The fourth-order valence-electron chi connectivity index (χ4n) is 3.99. The van der Waals surface area contributed by atoms with Crippen LogP contribution in [0.15, 0.2) is 29.2 Å². The molecular formula is C23H30N4O4. The third kappa shape index (κ3) is 4.07. The Balaban J connectivity index is 2.05. The van der Waals surface area contributed by atoms with Crippen LogP contribution in [0.3, 0.4) is 0 Å². The van der Waals surface area contributed by atoms with Crippen LogP contribution in [0.25, 0.3) is 0 Å². The SMILES string of the molecule is COC[C@H](C)Nc1cc2c(cc1NC(=O)c1cc(C)c(=O)n(C)c1)C(C)(C)C(=O)N2C. The number of aryl methyl sites for hydroxylation is 2. The number of fused-ring (bicyclic) bond motifs is 1. The van der Waals surface area contributed by atoms with E-state index in [0.717, 1.165) is 11.3 Å². The number of methoxy groups -OCH3 is 1. The van der Waals surface area contributed by atoms with Crippen molar-refractivity contribution < 1.29 is 14.3 Å². The summed E-state index contributed by atoms with van der Waals surface area (Å²) in [6, 6.07) is 5.29. The Hall–Kier alpha value is -3.13. The van der Waals surface area contributed by atoms with Gasteiger partial charge >= 0.3 is 0 Å². The van der Waals surface area contributed by atoms with Crippen molar-refractivity contribution in [2.75, 3.05) is 36.3 Å². The van der Waals surface area contributed by atoms with Crippen LogP contribution in [0.1, 0.15) is 42.3 Å². The Labute approximate surface area is 182 Å². The largest absolute Gasteiger partial charge is 0.383 e. The van der Waals surface area contributed by atoms with E-state index in [1.54, 1.807) is 39.1 Å². The predicted octanol–water partition coefficient (Wildman–Crippen LogP) is 2.65. The lowest BCUT2D eigenvalue weighted by Crippen LogP contribution is -2.33. The smallest absolute Gasteiger partial charge is 0.257 e. The molecule has 8 heteroatoms. The first-order valence-electron chi connectivity index (χ1n) is 10.2. The van der Waals surface area contributed by atoms with Crippen LogP contribution in [-0.4, -0.2) is 43.2 Å². The van der Waals surface area contributed by atoms with Gasteiger partial charge in [-0.25, -0.2) is 0 Å². The number of amides is 2. The minimum atomic E-state index is -0.701. The Morgan fingerprint density at radius 2 is 1.84 bits per heavy atom. The average molecular weight is 427 g/mol. The van der Waals surface area contributed by atoms with Crippen LogP contribution in [0.2, 0.25) is 0 Å². The van der Waals surface area contributed by atoms with Gasteiger partial charge in [-0.3, -0.25) is 14.4 Å².